The number of halogens is 2. The number of rotatable bonds is 5. The molecule has 9 heteroatoms. The Balaban J connectivity index is 1.94. The Kier molecular flexibility index (Phi) is 5.33. The average molecular weight is 399 g/mol. The number of carbonyl (C=O) groups is 2. The Bertz CT molecular complexity index is 851. The molecule has 2 aromatic rings. The van der Waals surface area contributed by atoms with E-state index >= 15 is 0 Å². The normalized spacial score (nSPS) is 13.9. The summed E-state index contributed by atoms with van der Waals surface area (Å²) < 4.78 is 23.6. The minimum absolute atomic E-state index is 0.0552. The summed E-state index contributed by atoms with van der Waals surface area (Å²) in [5.41, 5.74) is 0.532. The molecule has 0 bridgehead atoms. The molecule has 0 aliphatic carbocycles. The summed E-state index contributed by atoms with van der Waals surface area (Å²) in [6.07, 6.45) is -1.00. The van der Waals surface area contributed by atoms with E-state index in [1.165, 1.54) is 42.6 Å². The molecule has 1 N–H and O–H groups in total. The van der Waals surface area contributed by atoms with E-state index in [1.807, 2.05) is 0 Å². The first-order valence-corrected chi connectivity index (χ1v) is 8.94. The van der Waals surface area contributed by atoms with Gasteiger partial charge in [-0.15, -0.1) is 11.3 Å². The van der Waals surface area contributed by atoms with Crippen molar-refractivity contribution in [3.05, 3.63) is 39.0 Å². The molecule has 1 aliphatic heterocycles. The molecular weight excluding hydrogens is 383 g/mol. The fourth-order valence-corrected chi connectivity index (χ4v) is 3.62. The van der Waals surface area contributed by atoms with Crippen molar-refractivity contribution in [3.63, 3.8) is 0 Å². The maximum Gasteiger partial charge on any atom is 0.267 e. The Morgan fingerprint density at radius 1 is 1.31 bits per heavy atom. The van der Waals surface area contributed by atoms with Crippen LogP contribution in [0.3, 0.4) is 0 Å². The van der Waals surface area contributed by atoms with E-state index in [1.54, 1.807) is 11.4 Å². The second-order valence-electron chi connectivity index (χ2n) is 5.62. The van der Waals surface area contributed by atoms with Crippen LogP contribution in [0.25, 0.3) is 0 Å². The molecule has 6 nitrogen and oxygen atoms in total. The summed E-state index contributed by atoms with van der Waals surface area (Å²) in [5, 5.41) is 4.73. The van der Waals surface area contributed by atoms with Crippen molar-refractivity contribution < 1.29 is 23.5 Å². The number of ether oxygens (including phenoxy) is 2. The van der Waals surface area contributed by atoms with Gasteiger partial charge in [0.25, 0.3) is 11.8 Å². The number of hydrogen-bond acceptors (Lipinski definition) is 5. The molecule has 3 rings (SSSR count). The van der Waals surface area contributed by atoms with E-state index in [4.69, 9.17) is 21.1 Å². The highest BCUT2D eigenvalue weighted by Crippen LogP contribution is 2.38. The number of amides is 2. The molecule has 1 aromatic carbocycles. The van der Waals surface area contributed by atoms with Gasteiger partial charge in [0.1, 0.15) is 11.0 Å². The van der Waals surface area contributed by atoms with Crippen LogP contribution in [-0.2, 0) is 0 Å². The summed E-state index contributed by atoms with van der Waals surface area (Å²) in [5.74, 6) is -0.215. The second-order valence-corrected chi connectivity index (χ2v) is 6.94. The number of anilines is 1. The van der Waals surface area contributed by atoms with Gasteiger partial charge in [-0.2, -0.15) is 0 Å². The molecular formula is C17H16ClFN2O4S. The smallest absolute Gasteiger partial charge is 0.267 e. The predicted molar refractivity (Wildman–Crippen MR) is 97.6 cm³/mol. The summed E-state index contributed by atoms with van der Waals surface area (Å²) in [6.45, 7) is 0.110. The van der Waals surface area contributed by atoms with Crippen molar-refractivity contribution in [2.24, 2.45) is 0 Å². The molecule has 1 fully saturated rings. The first kappa shape index (κ1) is 18.5. The van der Waals surface area contributed by atoms with E-state index in [2.05, 4.69) is 5.32 Å². The molecule has 0 unspecified atom stereocenters. The van der Waals surface area contributed by atoms with Crippen LogP contribution in [0.4, 0.5) is 10.1 Å². The van der Waals surface area contributed by atoms with Crippen LogP contribution in [0.2, 0.25) is 5.02 Å². The number of methoxy groups -OCH3 is 2. The topological polar surface area (TPSA) is 67.9 Å². The van der Waals surface area contributed by atoms with Crippen molar-refractivity contribution in [1.82, 2.24) is 4.90 Å². The zero-order valence-electron chi connectivity index (χ0n) is 14.0. The van der Waals surface area contributed by atoms with Gasteiger partial charge in [0.05, 0.1) is 38.0 Å². The van der Waals surface area contributed by atoms with Gasteiger partial charge in [0, 0.05) is 5.56 Å². The van der Waals surface area contributed by atoms with Crippen LogP contribution in [0.5, 0.6) is 11.5 Å². The van der Waals surface area contributed by atoms with Gasteiger partial charge in [-0.3, -0.25) is 9.59 Å². The number of thiophene rings is 1. The van der Waals surface area contributed by atoms with Gasteiger partial charge >= 0.3 is 0 Å². The number of benzene rings is 1. The molecule has 2 heterocycles. The SMILES string of the molecule is COc1cc(C(=O)N2CC(F)C2)cc(NC(=O)c2sccc2Cl)c1OC. The van der Waals surface area contributed by atoms with E-state index in [0.29, 0.717) is 9.90 Å². The quantitative estimate of drug-likeness (QED) is 0.837. The largest absolute Gasteiger partial charge is 0.493 e. The number of nitrogens with zero attached hydrogens (tertiary/aromatic N) is 1. The third-order valence-electron chi connectivity index (χ3n) is 3.92. The predicted octanol–water partition coefficient (Wildman–Crippen LogP) is 3.46. The van der Waals surface area contributed by atoms with Crippen LogP contribution in [0.1, 0.15) is 20.0 Å². The number of hydrogen-bond donors (Lipinski definition) is 1. The first-order chi connectivity index (χ1) is 12.4. The lowest BCUT2D eigenvalue weighted by Gasteiger charge is -2.34. The van der Waals surface area contributed by atoms with Crippen molar-refractivity contribution >= 4 is 40.4 Å². The molecule has 1 saturated heterocycles. The molecule has 1 aliphatic rings. The van der Waals surface area contributed by atoms with E-state index in [9.17, 15) is 14.0 Å². The molecule has 26 heavy (non-hydrogen) atoms. The molecule has 138 valence electrons. The number of likely N-dealkylation sites (tertiary alicyclic amines) is 1. The highest BCUT2D eigenvalue weighted by atomic mass is 35.5. The molecule has 0 spiro atoms. The minimum atomic E-state index is -1.00. The fraction of sp³-hybridized carbons (Fsp3) is 0.294. The van der Waals surface area contributed by atoms with Crippen LogP contribution >= 0.6 is 22.9 Å². The van der Waals surface area contributed by atoms with E-state index in [0.717, 1.165) is 0 Å². The third-order valence-corrected chi connectivity index (χ3v) is 5.26. The lowest BCUT2D eigenvalue weighted by atomic mass is 10.1. The van der Waals surface area contributed by atoms with Crippen LogP contribution < -0.4 is 14.8 Å². The number of nitrogens with one attached hydrogen (secondary N) is 1. The van der Waals surface area contributed by atoms with Crippen LogP contribution in [0.15, 0.2) is 23.6 Å². The zero-order chi connectivity index (χ0) is 18.8. The van der Waals surface area contributed by atoms with Crippen molar-refractivity contribution in [3.8, 4) is 11.5 Å². The first-order valence-electron chi connectivity index (χ1n) is 7.68. The van der Waals surface area contributed by atoms with Crippen LogP contribution in [-0.4, -0.2) is 50.2 Å². The lowest BCUT2D eigenvalue weighted by molar-refractivity contribution is 0.0400. The van der Waals surface area contributed by atoms with Crippen molar-refractivity contribution in [2.75, 3.05) is 32.6 Å². The molecule has 1 aromatic heterocycles. The van der Waals surface area contributed by atoms with Gasteiger partial charge in [-0.25, -0.2) is 4.39 Å². The lowest BCUT2D eigenvalue weighted by Crippen LogP contribution is -2.51. The highest BCUT2D eigenvalue weighted by Gasteiger charge is 2.32. The van der Waals surface area contributed by atoms with Crippen molar-refractivity contribution in [1.29, 1.82) is 0 Å². The second kappa shape index (κ2) is 7.51. The summed E-state index contributed by atoms with van der Waals surface area (Å²) in [4.78, 5) is 26.7. The molecule has 0 saturated carbocycles. The van der Waals surface area contributed by atoms with Gasteiger partial charge < -0.3 is 19.7 Å². The molecule has 2 amide bonds. The molecule has 0 atom stereocenters. The Labute approximate surface area is 158 Å². The van der Waals surface area contributed by atoms with Crippen LogP contribution in [0, 0.1) is 0 Å². The number of alkyl halides is 1. The van der Waals surface area contributed by atoms with Gasteiger partial charge in [-0.05, 0) is 23.6 Å². The van der Waals surface area contributed by atoms with E-state index < -0.39 is 12.1 Å². The monoisotopic (exact) mass is 398 g/mol. The zero-order valence-corrected chi connectivity index (χ0v) is 15.6. The standard InChI is InChI=1S/C17H16ClFN2O4S/c1-24-13-6-9(17(23)21-7-10(19)8-21)5-12(14(13)25-2)20-16(22)15-11(18)3-4-26-15/h3-6,10H,7-8H2,1-2H3,(H,20,22). The van der Waals surface area contributed by atoms with E-state index in [-0.39, 0.29) is 41.7 Å². The van der Waals surface area contributed by atoms with Gasteiger partial charge in [0.15, 0.2) is 11.5 Å². The van der Waals surface area contributed by atoms with Crippen molar-refractivity contribution in [2.45, 2.75) is 6.17 Å². The Morgan fingerprint density at radius 2 is 2.04 bits per heavy atom. The fourth-order valence-electron chi connectivity index (χ4n) is 2.59. The average Bonchev–Trinajstić information content (AvgIpc) is 3.03. The maximum absolute atomic E-state index is 13.0. The van der Waals surface area contributed by atoms with Gasteiger partial charge in [-0.1, -0.05) is 11.6 Å². The Morgan fingerprint density at radius 3 is 2.58 bits per heavy atom. The summed E-state index contributed by atoms with van der Waals surface area (Å²) >= 11 is 7.19. The Hall–Kier alpha value is -2.32. The molecule has 0 radical (unpaired) electrons. The van der Waals surface area contributed by atoms with Gasteiger partial charge in [0.2, 0.25) is 0 Å². The third kappa shape index (κ3) is 3.47. The minimum Gasteiger partial charge on any atom is -0.493 e. The maximum atomic E-state index is 13.0. The summed E-state index contributed by atoms with van der Waals surface area (Å²) in [6, 6.07) is 4.60. The summed E-state index contributed by atoms with van der Waals surface area (Å²) in [7, 11) is 2.85. The highest BCUT2D eigenvalue weighted by molar-refractivity contribution is 7.12. The number of carbonyl (C=O) groups excluding carboxylic acids is 2.